The molecule has 0 saturated heterocycles. The summed E-state index contributed by atoms with van der Waals surface area (Å²) in [5.74, 6) is 1.29. The zero-order valence-corrected chi connectivity index (χ0v) is 22.9. The van der Waals surface area contributed by atoms with Crippen molar-refractivity contribution in [2.24, 2.45) is 10.9 Å². The van der Waals surface area contributed by atoms with Gasteiger partial charge in [-0.05, 0) is 41.5 Å². The molecule has 1 aromatic heterocycles. The van der Waals surface area contributed by atoms with Crippen molar-refractivity contribution in [2.75, 3.05) is 20.2 Å². The molecule has 0 spiro atoms. The fourth-order valence-corrected chi connectivity index (χ4v) is 3.80. The molecule has 0 aliphatic heterocycles. The predicted molar refractivity (Wildman–Crippen MR) is 149 cm³/mol. The van der Waals surface area contributed by atoms with Crippen LogP contribution in [0, 0.1) is 5.92 Å². The maximum atomic E-state index is 5.84. The van der Waals surface area contributed by atoms with Crippen molar-refractivity contribution in [1.82, 2.24) is 25.4 Å². The molecule has 2 aromatic carbocycles. The molecule has 0 aliphatic carbocycles. The summed E-state index contributed by atoms with van der Waals surface area (Å²) in [4.78, 5) is 8.38. The first-order chi connectivity index (χ1) is 16.1. The molecule has 0 bridgehead atoms. The number of aromatic nitrogens is 3. The van der Waals surface area contributed by atoms with E-state index in [0.29, 0.717) is 19.0 Å². The van der Waals surface area contributed by atoms with Gasteiger partial charge in [-0.15, -0.1) is 24.0 Å². The van der Waals surface area contributed by atoms with Crippen LogP contribution in [0.1, 0.15) is 38.3 Å². The molecule has 7 nitrogen and oxygen atoms in total. The van der Waals surface area contributed by atoms with Gasteiger partial charge in [0.2, 0.25) is 0 Å². The van der Waals surface area contributed by atoms with Crippen LogP contribution in [0.5, 0.6) is 0 Å². The van der Waals surface area contributed by atoms with Crippen molar-refractivity contribution in [3.05, 3.63) is 72.3 Å². The van der Waals surface area contributed by atoms with Gasteiger partial charge in [0, 0.05) is 26.7 Å². The topological polar surface area (TPSA) is 76.4 Å². The Balaban J connectivity index is 0.00000408. The van der Waals surface area contributed by atoms with Crippen LogP contribution in [-0.4, -0.2) is 47.0 Å². The van der Waals surface area contributed by atoms with Crippen molar-refractivity contribution in [2.45, 2.75) is 46.4 Å². The van der Waals surface area contributed by atoms with E-state index in [2.05, 4.69) is 88.1 Å². The van der Waals surface area contributed by atoms with Crippen LogP contribution in [0.4, 0.5) is 0 Å². The molecule has 2 N–H and O–H groups in total. The molecule has 1 unspecified atom stereocenters. The average molecular weight is 577 g/mol. The second-order valence-electron chi connectivity index (χ2n) is 8.33. The third kappa shape index (κ3) is 8.39. The van der Waals surface area contributed by atoms with Gasteiger partial charge >= 0.3 is 0 Å². The number of nitrogens with zero attached hydrogens (tertiary/aromatic N) is 4. The Morgan fingerprint density at radius 3 is 2.50 bits per heavy atom. The minimum absolute atomic E-state index is 0. The Morgan fingerprint density at radius 2 is 1.85 bits per heavy atom. The number of guanidine groups is 1. The fourth-order valence-electron chi connectivity index (χ4n) is 3.80. The lowest BCUT2D eigenvalue weighted by Gasteiger charge is -2.21. The molecule has 184 valence electrons. The van der Waals surface area contributed by atoms with Gasteiger partial charge in [-0.3, -0.25) is 4.99 Å². The van der Waals surface area contributed by atoms with E-state index in [1.165, 1.54) is 22.3 Å². The largest absolute Gasteiger partial charge is 0.378 e. The number of rotatable bonds is 11. The van der Waals surface area contributed by atoms with Crippen LogP contribution in [0.15, 0.2) is 66.2 Å². The van der Waals surface area contributed by atoms with Crippen molar-refractivity contribution < 1.29 is 4.74 Å². The van der Waals surface area contributed by atoms with Gasteiger partial charge in [-0.2, -0.15) is 5.10 Å². The summed E-state index contributed by atoms with van der Waals surface area (Å²) in [5.41, 5.74) is 4.81. The Bertz CT molecular complexity index is 989. The summed E-state index contributed by atoms with van der Waals surface area (Å²) in [6.07, 6.45) is 4.50. The smallest absolute Gasteiger partial charge is 0.191 e. The monoisotopic (exact) mass is 576 g/mol. The van der Waals surface area contributed by atoms with Crippen molar-refractivity contribution in [3.63, 3.8) is 0 Å². The van der Waals surface area contributed by atoms with E-state index in [1.807, 2.05) is 11.6 Å². The zero-order valence-electron chi connectivity index (χ0n) is 20.6. The molecular formula is C26H37IN6O. The van der Waals surface area contributed by atoms with E-state index in [4.69, 9.17) is 4.74 Å². The number of aliphatic imine (C=N–C) groups is 1. The molecule has 0 radical (unpaired) electrons. The number of halogens is 1. The first-order valence-corrected chi connectivity index (χ1v) is 11.7. The summed E-state index contributed by atoms with van der Waals surface area (Å²) in [6.45, 7) is 9.41. The fraction of sp³-hybridized carbons (Fsp3) is 0.423. The van der Waals surface area contributed by atoms with Crippen LogP contribution in [0.2, 0.25) is 0 Å². The molecule has 34 heavy (non-hydrogen) atoms. The van der Waals surface area contributed by atoms with E-state index in [-0.39, 0.29) is 30.1 Å². The summed E-state index contributed by atoms with van der Waals surface area (Å²) in [7, 11) is 1.80. The molecule has 0 aliphatic rings. The van der Waals surface area contributed by atoms with Gasteiger partial charge in [0.1, 0.15) is 12.7 Å². The van der Waals surface area contributed by atoms with Crippen LogP contribution in [-0.2, 0) is 17.8 Å². The lowest BCUT2D eigenvalue weighted by Crippen LogP contribution is -2.39. The van der Waals surface area contributed by atoms with E-state index in [0.717, 1.165) is 25.5 Å². The lowest BCUT2D eigenvalue weighted by atomic mass is 9.98. The molecular weight excluding hydrogens is 539 g/mol. The first kappa shape index (κ1) is 27.8. The highest BCUT2D eigenvalue weighted by atomic mass is 127. The summed E-state index contributed by atoms with van der Waals surface area (Å²) >= 11 is 0. The molecule has 1 atom stereocenters. The Kier molecular flexibility index (Phi) is 12.0. The normalized spacial score (nSPS) is 12.3. The number of benzene rings is 2. The molecule has 3 rings (SSSR count). The van der Waals surface area contributed by atoms with E-state index >= 15 is 0 Å². The Hall–Kier alpha value is -2.46. The second kappa shape index (κ2) is 14.7. The SMILES string of the molecule is CCOC(CCNC(=NC)NCc1ccccc1-c1ccc(Cn2cncn2)cc1)C(C)C.I. The van der Waals surface area contributed by atoms with Gasteiger partial charge in [-0.25, -0.2) is 9.67 Å². The van der Waals surface area contributed by atoms with E-state index in [9.17, 15) is 0 Å². The van der Waals surface area contributed by atoms with Gasteiger partial charge in [0.25, 0.3) is 0 Å². The van der Waals surface area contributed by atoms with Crippen LogP contribution < -0.4 is 10.6 Å². The van der Waals surface area contributed by atoms with E-state index < -0.39 is 0 Å². The van der Waals surface area contributed by atoms with Gasteiger partial charge in [0.05, 0.1) is 12.6 Å². The summed E-state index contributed by atoms with van der Waals surface area (Å²) in [5, 5.41) is 11.0. The molecule has 0 saturated carbocycles. The standard InChI is InChI=1S/C26H36N6O.HI/c1-5-33-25(20(2)3)14-15-29-26(27-4)30-16-23-8-6-7-9-24(23)22-12-10-21(11-13-22)17-32-19-28-18-31-32;/h6-13,18-20,25H,5,14-17H2,1-4H3,(H2,27,29,30);1H. The highest BCUT2D eigenvalue weighted by Gasteiger charge is 2.13. The van der Waals surface area contributed by atoms with Gasteiger partial charge < -0.3 is 15.4 Å². The molecule has 3 aromatic rings. The Morgan fingerprint density at radius 1 is 1.09 bits per heavy atom. The lowest BCUT2D eigenvalue weighted by molar-refractivity contribution is 0.0258. The van der Waals surface area contributed by atoms with Crippen LogP contribution >= 0.6 is 24.0 Å². The highest BCUT2D eigenvalue weighted by Crippen LogP contribution is 2.24. The average Bonchev–Trinajstić information content (AvgIpc) is 3.34. The third-order valence-electron chi connectivity index (χ3n) is 5.61. The second-order valence-corrected chi connectivity index (χ2v) is 8.33. The number of hydrogen-bond acceptors (Lipinski definition) is 4. The quantitative estimate of drug-likeness (QED) is 0.196. The van der Waals surface area contributed by atoms with Crippen LogP contribution in [0.3, 0.4) is 0 Å². The molecule has 0 amide bonds. The minimum atomic E-state index is 0. The van der Waals surface area contributed by atoms with Gasteiger partial charge in [0.15, 0.2) is 5.96 Å². The molecule has 1 heterocycles. The van der Waals surface area contributed by atoms with Crippen molar-refractivity contribution in [3.8, 4) is 11.1 Å². The highest BCUT2D eigenvalue weighted by molar-refractivity contribution is 14.0. The first-order valence-electron chi connectivity index (χ1n) is 11.7. The van der Waals surface area contributed by atoms with Crippen LogP contribution in [0.25, 0.3) is 11.1 Å². The number of nitrogens with one attached hydrogen (secondary N) is 2. The van der Waals surface area contributed by atoms with Crippen molar-refractivity contribution >= 4 is 29.9 Å². The third-order valence-corrected chi connectivity index (χ3v) is 5.61. The number of hydrogen-bond donors (Lipinski definition) is 2. The summed E-state index contributed by atoms with van der Waals surface area (Å²) < 4.78 is 7.66. The Labute approximate surface area is 220 Å². The summed E-state index contributed by atoms with van der Waals surface area (Å²) in [6, 6.07) is 17.1. The van der Waals surface area contributed by atoms with Gasteiger partial charge in [-0.1, -0.05) is 62.4 Å². The minimum Gasteiger partial charge on any atom is -0.378 e. The molecule has 0 fully saturated rings. The zero-order chi connectivity index (χ0) is 23.5. The van der Waals surface area contributed by atoms with E-state index in [1.54, 1.807) is 19.7 Å². The number of ether oxygens (including phenoxy) is 1. The maximum Gasteiger partial charge on any atom is 0.191 e. The van der Waals surface area contributed by atoms with Crippen molar-refractivity contribution in [1.29, 1.82) is 0 Å². The molecule has 8 heteroatoms. The predicted octanol–water partition coefficient (Wildman–Crippen LogP) is 4.73. The maximum absolute atomic E-state index is 5.84.